The molecule has 3 aromatic heterocycles. The fourth-order valence-corrected chi connectivity index (χ4v) is 3.44. The molecule has 0 amide bonds. The predicted molar refractivity (Wildman–Crippen MR) is 116 cm³/mol. The monoisotopic (exact) mass is 407 g/mol. The number of hydrogen-bond acceptors (Lipinski definition) is 5. The van der Waals surface area contributed by atoms with Gasteiger partial charge in [-0.25, -0.2) is 9.97 Å². The van der Waals surface area contributed by atoms with Gasteiger partial charge in [-0.1, -0.05) is 18.2 Å². The Kier molecular flexibility index (Phi) is 5.59. The van der Waals surface area contributed by atoms with Gasteiger partial charge in [-0.05, 0) is 43.3 Å². The third kappa shape index (κ3) is 4.01. The van der Waals surface area contributed by atoms with Gasteiger partial charge >= 0.3 is 0 Å². The van der Waals surface area contributed by atoms with E-state index in [1.165, 1.54) is 5.69 Å². The first-order valence-corrected chi connectivity index (χ1v) is 9.46. The van der Waals surface area contributed by atoms with E-state index in [4.69, 9.17) is 5.10 Å². The zero-order valence-corrected chi connectivity index (χ0v) is 16.6. The number of benzene rings is 1. The highest BCUT2D eigenvalue weighted by Crippen LogP contribution is 2.23. The summed E-state index contributed by atoms with van der Waals surface area (Å²) in [5, 5.41) is 11.5. The first-order valence-electron chi connectivity index (χ1n) is 9.46. The Morgan fingerprint density at radius 1 is 1.03 bits per heavy atom. The molecule has 8 heteroatoms. The molecule has 4 heterocycles. The molecule has 0 radical (unpaired) electrons. The van der Waals surface area contributed by atoms with Crippen LogP contribution in [0.2, 0.25) is 0 Å². The number of rotatable bonds is 4. The second kappa shape index (κ2) is 8.46. The van der Waals surface area contributed by atoms with Crippen LogP contribution in [0.25, 0.3) is 17.2 Å². The maximum Gasteiger partial charge on any atom is 0.165 e. The zero-order valence-electron chi connectivity index (χ0n) is 15.8. The van der Waals surface area contributed by atoms with E-state index in [0.717, 1.165) is 54.8 Å². The lowest BCUT2D eigenvalue weighted by Gasteiger charge is -2.08. The quantitative estimate of drug-likeness (QED) is 0.538. The van der Waals surface area contributed by atoms with Gasteiger partial charge in [-0.2, -0.15) is 5.10 Å². The van der Waals surface area contributed by atoms with Crippen LogP contribution < -0.4 is 10.6 Å². The average Bonchev–Trinajstić information content (AvgIpc) is 3.31. The second-order valence-corrected chi connectivity index (χ2v) is 6.79. The third-order valence-electron chi connectivity index (χ3n) is 4.83. The number of aromatic nitrogens is 5. The Hall–Kier alpha value is -3.16. The summed E-state index contributed by atoms with van der Waals surface area (Å²) in [5.74, 6) is 1.63. The van der Waals surface area contributed by atoms with E-state index < -0.39 is 0 Å². The van der Waals surface area contributed by atoms with Crippen molar-refractivity contribution in [2.45, 2.75) is 19.5 Å². The molecule has 0 saturated heterocycles. The van der Waals surface area contributed by atoms with Crippen molar-refractivity contribution in [1.82, 2.24) is 29.6 Å². The lowest BCUT2D eigenvalue weighted by molar-refractivity contribution is 0.588. The molecule has 7 nitrogen and oxygen atoms in total. The predicted octanol–water partition coefficient (Wildman–Crippen LogP) is 3.79. The Morgan fingerprint density at radius 2 is 1.93 bits per heavy atom. The van der Waals surface area contributed by atoms with E-state index >= 15 is 0 Å². The fraction of sp³-hybridized carbons (Fsp3) is 0.190. The number of imidazole rings is 1. The molecule has 0 bridgehead atoms. The van der Waals surface area contributed by atoms with Crippen LogP contribution in [0.1, 0.15) is 12.1 Å². The zero-order chi connectivity index (χ0) is 18.8. The van der Waals surface area contributed by atoms with Crippen molar-refractivity contribution in [3.8, 4) is 17.2 Å². The van der Waals surface area contributed by atoms with E-state index in [1.54, 1.807) is 6.20 Å². The minimum absolute atomic E-state index is 0. The van der Waals surface area contributed by atoms with Gasteiger partial charge in [-0.3, -0.25) is 9.25 Å². The van der Waals surface area contributed by atoms with Crippen LogP contribution in [-0.2, 0) is 13.1 Å². The maximum atomic E-state index is 4.77. The summed E-state index contributed by atoms with van der Waals surface area (Å²) in [6, 6.07) is 16.1. The van der Waals surface area contributed by atoms with E-state index in [0.29, 0.717) is 0 Å². The summed E-state index contributed by atoms with van der Waals surface area (Å²) >= 11 is 0. The molecule has 0 fully saturated rings. The van der Waals surface area contributed by atoms with Crippen LogP contribution in [0.4, 0.5) is 11.5 Å². The molecule has 1 aromatic carbocycles. The molecule has 148 valence electrons. The number of anilines is 2. The number of nitrogens with zero attached hydrogens (tertiary/aromatic N) is 5. The van der Waals surface area contributed by atoms with Crippen molar-refractivity contribution in [1.29, 1.82) is 0 Å². The average molecular weight is 408 g/mol. The van der Waals surface area contributed by atoms with Gasteiger partial charge < -0.3 is 10.6 Å². The maximum absolute atomic E-state index is 4.77. The van der Waals surface area contributed by atoms with Crippen LogP contribution >= 0.6 is 12.4 Å². The van der Waals surface area contributed by atoms with Gasteiger partial charge in [0.15, 0.2) is 5.82 Å². The molecule has 0 saturated carbocycles. The topological polar surface area (TPSA) is 72.6 Å². The summed E-state index contributed by atoms with van der Waals surface area (Å²) in [5.41, 5.74) is 4.05. The van der Waals surface area contributed by atoms with Crippen molar-refractivity contribution in [2.24, 2.45) is 0 Å². The fourth-order valence-electron chi connectivity index (χ4n) is 3.44. The highest BCUT2D eigenvalue weighted by Gasteiger charge is 2.16. The van der Waals surface area contributed by atoms with Crippen LogP contribution in [-0.4, -0.2) is 30.9 Å². The molecular formula is C21H22ClN7. The van der Waals surface area contributed by atoms with Crippen LogP contribution in [0.3, 0.4) is 0 Å². The lowest BCUT2D eigenvalue weighted by atomic mass is 10.3. The molecule has 1 aliphatic rings. The summed E-state index contributed by atoms with van der Waals surface area (Å²) in [6.45, 7) is 2.81. The Bertz CT molecular complexity index is 1050. The Morgan fingerprint density at radius 3 is 2.76 bits per heavy atom. The molecule has 2 N–H and O–H groups in total. The van der Waals surface area contributed by atoms with Crippen molar-refractivity contribution in [3.63, 3.8) is 0 Å². The molecule has 0 unspecified atom stereocenters. The largest absolute Gasteiger partial charge is 0.340 e. The highest BCUT2D eigenvalue weighted by atomic mass is 35.5. The summed E-state index contributed by atoms with van der Waals surface area (Å²) in [6.07, 6.45) is 6.68. The lowest BCUT2D eigenvalue weighted by Crippen LogP contribution is -2.11. The number of para-hydroxylation sites is 1. The minimum Gasteiger partial charge on any atom is -0.340 e. The van der Waals surface area contributed by atoms with Crippen molar-refractivity contribution < 1.29 is 0 Å². The number of nitrogens with one attached hydrogen (secondary N) is 2. The first kappa shape index (κ1) is 19.2. The number of pyridine rings is 1. The second-order valence-electron chi connectivity index (χ2n) is 6.79. The highest BCUT2D eigenvalue weighted by molar-refractivity contribution is 5.85. The minimum atomic E-state index is 0. The van der Waals surface area contributed by atoms with Crippen molar-refractivity contribution in [2.75, 3.05) is 11.9 Å². The molecular weight excluding hydrogens is 386 g/mol. The van der Waals surface area contributed by atoms with Gasteiger partial charge in [0.2, 0.25) is 0 Å². The number of fused-ring (bicyclic) bond motifs is 1. The smallest absolute Gasteiger partial charge is 0.165 e. The normalized spacial score (nSPS) is 13.2. The van der Waals surface area contributed by atoms with Gasteiger partial charge in [0.05, 0.1) is 17.6 Å². The standard InChI is InChI=1S/C21H21N7.ClH/c1-2-5-16(6-3-1)25-20-8-7-17(15-24-20)27-12-10-23-21(27)19-13-18-14-22-9-4-11-28(18)26-19;/h1-3,5-8,10,12-13,15,22H,4,9,11,14H2,(H,24,25);1H. The first-order chi connectivity index (χ1) is 13.9. The SMILES string of the molecule is Cl.c1ccc(Nc2ccc(-n3ccnc3-c3cc4n(n3)CCCNC4)cn2)cc1. The molecule has 29 heavy (non-hydrogen) atoms. The van der Waals surface area contributed by atoms with Gasteiger partial charge in [-0.15, -0.1) is 12.4 Å². The van der Waals surface area contributed by atoms with Gasteiger partial charge in [0, 0.05) is 31.2 Å². The van der Waals surface area contributed by atoms with Crippen LogP contribution in [0.5, 0.6) is 0 Å². The molecule has 0 spiro atoms. The Balaban J connectivity index is 0.00000205. The van der Waals surface area contributed by atoms with Crippen LogP contribution in [0.15, 0.2) is 67.1 Å². The molecule has 0 atom stereocenters. The van der Waals surface area contributed by atoms with E-state index in [2.05, 4.69) is 31.3 Å². The molecule has 0 aliphatic carbocycles. The third-order valence-corrected chi connectivity index (χ3v) is 4.83. The van der Waals surface area contributed by atoms with Crippen LogP contribution in [0, 0.1) is 0 Å². The molecule has 4 aromatic rings. The Labute approximate surface area is 175 Å². The van der Waals surface area contributed by atoms with Gasteiger partial charge in [0.1, 0.15) is 11.5 Å². The van der Waals surface area contributed by atoms with Crippen molar-refractivity contribution >= 4 is 23.9 Å². The van der Waals surface area contributed by atoms with E-state index in [-0.39, 0.29) is 12.4 Å². The molecule has 5 rings (SSSR count). The number of hydrogen-bond donors (Lipinski definition) is 2. The summed E-state index contributed by atoms with van der Waals surface area (Å²) < 4.78 is 4.11. The summed E-state index contributed by atoms with van der Waals surface area (Å²) in [7, 11) is 0. The van der Waals surface area contributed by atoms with E-state index in [9.17, 15) is 0 Å². The number of aryl methyl sites for hydroxylation is 1. The van der Waals surface area contributed by atoms with E-state index in [1.807, 2.05) is 59.4 Å². The van der Waals surface area contributed by atoms with Crippen molar-refractivity contribution in [3.05, 3.63) is 72.8 Å². The summed E-state index contributed by atoms with van der Waals surface area (Å²) in [4.78, 5) is 9.09. The number of halogens is 1. The van der Waals surface area contributed by atoms with Gasteiger partial charge in [0.25, 0.3) is 0 Å². The molecule has 1 aliphatic heterocycles.